The standard InChI is InChI=1S/C15H16FNO/c1-15(2,18)13-9-5-4-8-12(9)17-14-10(13)6-3-7-11(14)16/h3,6-7,18H,4-5,8H2,1-2H3. The molecule has 0 atom stereocenters. The smallest absolute Gasteiger partial charge is 0.149 e. The summed E-state index contributed by atoms with van der Waals surface area (Å²) in [5.41, 5.74) is 2.32. The topological polar surface area (TPSA) is 33.1 Å². The molecule has 1 aliphatic carbocycles. The molecule has 2 aromatic rings. The summed E-state index contributed by atoms with van der Waals surface area (Å²) in [6.45, 7) is 3.51. The molecule has 0 radical (unpaired) electrons. The van der Waals surface area contributed by atoms with Crippen LogP contribution in [0.15, 0.2) is 18.2 Å². The Kier molecular flexibility index (Phi) is 2.42. The summed E-state index contributed by atoms with van der Waals surface area (Å²) in [5.74, 6) is -0.312. The molecule has 0 bridgehead atoms. The molecule has 0 unspecified atom stereocenters. The van der Waals surface area contributed by atoms with E-state index in [1.807, 2.05) is 6.07 Å². The molecular weight excluding hydrogens is 229 g/mol. The summed E-state index contributed by atoms with van der Waals surface area (Å²) in [4.78, 5) is 4.44. The maximum absolute atomic E-state index is 13.9. The van der Waals surface area contributed by atoms with Crippen LogP contribution in [0.1, 0.15) is 37.1 Å². The molecule has 0 saturated carbocycles. The molecule has 18 heavy (non-hydrogen) atoms. The van der Waals surface area contributed by atoms with Crippen molar-refractivity contribution in [2.75, 3.05) is 0 Å². The van der Waals surface area contributed by atoms with E-state index in [2.05, 4.69) is 4.98 Å². The highest BCUT2D eigenvalue weighted by molar-refractivity contribution is 5.85. The maximum Gasteiger partial charge on any atom is 0.149 e. The summed E-state index contributed by atoms with van der Waals surface area (Å²) < 4.78 is 13.9. The molecule has 1 aromatic carbocycles. The van der Waals surface area contributed by atoms with E-state index in [0.29, 0.717) is 5.52 Å². The minimum Gasteiger partial charge on any atom is -0.386 e. The van der Waals surface area contributed by atoms with E-state index in [9.17, 15) is 9.50 Å². The van der Waals surface area contributed by atoms with E-state index >= 15 is 0 Å². The molecular formula is C15H16FNO. The minimum absolute atomic E-state index is 0.312. The summed E-state index contributed by atoms with van der Waals surface area (Å²) in [5, 5.41) is 11.1. The van der Waals surface area contributed by atoms with Gasteiger partial charge in [0, 0.05) is 11.1 Å². The fourth-order valence-corrected chi connectivity index (χ4v) is 2.95. The summed E-state index contributed by atoms with van der Waals surface area (Å²) in [6.07, 6.45) is 2.83. The number of benzene rings is 1. The number of halogens is 1. The van der Waals surface area contributed by atoms with Crippen molar-refractivity contribution in [3.8, 4) is 0 Å². The molecule has 0 saturated heterocycles. The van der Waals surface area contributed by atoms with Gasteiger partial charge in [0.1, 0.15) is 11.3 Å². The van der Waals surface area contributed by atoms with Gasteiger partial charge in [-0.15, -0.1) is 0 Å². The molecule has 0 amide bonds. The number of aromatic nitrogens is 1. The lowest BCUT2D eigenvalue weighted by Crippen LogP contribution is -2.19. The SMILES string of the molecule is CC(C)(O)c1c2c(nc3c(F)cccc13)CCC2. The van der Waals surface area contributed by atoms with Crippen molar-refractivity contribution in [1.82, 2.24) is 4.98 Å². The fourth-order valence-electron chi connectivity index (χ4n) is 2.95. The summed E-state index contributed by atoms with van der Waals surface area (Å²) in [6, 6.07) is 4.94. The molecule has 1 aliphatic rings. The van der Waals surface area contributed by atoms with Gasteiger partial charge in [-0.3, -0.25) is 0 Å². The normalized spacial score (nSPS) is 15.1. The lowest BCUT2D eigenvalue weighted by atomic mass is 9.89. The summed E-state index contributed by atoms with van der Waals surface area (Å²) in [7, 11) is 0. The number of aryl methyl sites for hydroxylation is 1. The fraction of sp³-hybridized carbons (Fsp3) is 0.400. The molecule has 3 rings (SSSR count). The van der Waals surface area contributed by atoms with Crippen molar-refractivity contribution in [2.45, 2.75) is 38.7 Å². The zero-order chi connectivity index (χ0) is 12.9. The summed E-state index contributed by atoms with van der Waals surface area (Å²) >= 11 is 0. The maximum atomic E-state index is 13.9. The molecule has 1 N–H and O–H groups in total. The van der Waals surface area contributed by atoms with Crippen LogP contribution in [0.25, 0.3) is 10.9 Å². The third-order valence-electron chi connectivity index (χ3n) is 3.61. The van der Waals surface area contributed by atoms with Gasteiger partial charge in [-0.05, 0) is 50.3 Å². The number of nitrogens with zero attached hydrogens (tertiary/aromatic N) is 1. The second-order valence-electron chi connectivity index (χ2n) is 5.46. The van der Waals surface area contributed by atoms with Crippen LogP contribution in [-0.4, -0.2) is 10.1 Å². The first-order valence-corrected chi connectivity index (χ1v) is 6.31. The zero-order valence-corrected chi connectivity index (χ0v) is 10.6. The van der Waals surface area contributed by atoms with Gasteiger partial charge in [-0.25, -0.2) is 9.37 Å². The number of hydrogen-bond acceptors (Lipinski definition) is 2. The second-order valence-corrected chi connectivity index (χ2v) is 5.46. The predicted octanol–water partition coefficient (Wildman–Crippen LogP) is 3.09. The molecule has 1 aromatic heterocycles. The van der Waals surface area contributed by atoms with Gasteiger partial charge >= 0.3 is 0 Å². The van der Waals surface area contributed by atoms with Crippen molar-refractivity contribution in [3.05, 3.63) is 40.8 Å². The highest BCUT2D eigenvalue weighted by Crippen LogP contribution is 2.36. The molecule has 1 heterocycles. The van der Waals surface area contributed by atoms with E-state index in [1.165, 1.54) is 6.07 Å². The van der Waals surface area contributed by atoms with Gasteiger partial charge < -0.3 is 5.11 Å². The molecule has 2 nitrogen and oxygen atoms in total. The van der Waals surface area contributed by atoms with E-state index in [0.717, 1.165) is 41.5 Å². The van der Waals surface area contributed by atoms with Crippen LogP contribution in [-0.2, 0) is 18.4 Å². The third kappa shape index (κ3) is 1.62. The van der Waals surface area contributed by atoms with Crippen molar-refractivity contribution < 1.29 is 9.50 Å². The molecule has 94 valence electrons. The van der Waals surface area contributed by atoms with Crippen LogP contribution < -0.4 is 0 Å². The van der Waals surface area contributed by atoms with Crippen LogP contribution >= 0.6 is 0 Å². The van der Waals surface area contributed by atoms with Crippen LogP contribution in [0.4, 0.5) is 4.39 Å². The Morgan fingerprint density at radius 2 is 2.06 bits per heavy atom. The van der Waals surface area contributed by atoms with Gasteiger partial charge in [0.25, 0.3) is 0 Å². The number of hydrogen-bond donors (Lipinski definition) is 1. The molecule has 0 fully saturated rings. The van der Waals surface area contributed by atoms with E-state index < -0.39 is 5.60 Å². The van der Waals surface area contributed by atoms with Crippen LogP contribution in [0.2, 0.25) is 0 Å². The van der Waals surface area contributed by atoms with E-state index in [1.54, 1.807) is 19.9 Å². The highest BCUT2D eigenvalue weighted by atomic mass is 19.1. The van der Waals surface area contributed by atoms with E-state index in [-0.39, 0.29) is 5.82 Å². The van der Waals surface area contributed by atoms with Crippen LogP contribution in [0.5, 0.6) is 0 Å². The molecule has 0 spiro atoms. The first-order valence-electron chi connectivity index (χ1n) is 6.31. The predicted molar refractivity (Wildman–Crippen MR) is 69.0 cm³/mol. The van der Waals surface area contributed by atoms with Gasteiger partial charge in [0.2, 0.25) is 0 Å². The average molecular weight is 245 g/mol. The van der Waals surface area contributed by atoms with Gasteiger partial charge in [0.05, 0.1) is 5.60 Å². The van der Waals surface area contributed by atoms with Crippen LogP contribution in [0.3, 0.4) is 0 Å². The average Bonchev–Trinajstić information content (AvgIpc) is 2.72. The quantitative estimate of drug-likeness (QED) is 0.837. The lowest BCUT2D eigenvalue weighted by molar-refractivity contribution is 0.0792. The Morgan fingerprint density at radius 3 is 2.78 bits per heavy atom. The van der Waals surface area contributed by atoms with Crippen LogP contribution in [0, 0.1) is 5.82 Å². The second kappa shape index (κ2) is 3.75. The Labute approximate surface area is 105 Å². The lowest BCUT2D eigenvalue weighted by Gasteiger charge is -2.23. The van der Waals surface area contributed by atoms with Crippen molar-refractivity contribution in [2.24, 2.45) is 0 Å². The third-order valence-corrected chi connectivity index (χ3v) is 3.61. The number of rotatable bonds is 1. The monoisotopic (exact) mass is 245 g/mol. The van der Waals surface area contributed by atoms with Gasteiger partial charge in [-0.1, -0.05) is 12.1 Å². The number of pyridine rings is 1. The first kappa shape index (κ1) is 11.6. The number of aliphatic hydroxyl groups is 1. The Hall–Kier alpha value is -1.48. The van der Waals surface area contributed by atoms with E-state index in [4.69, 9.17) is 0 Å². The first-order chi connectivity index (χ1) is 8.48. The Bertz CT molecular complexity index is 628. The van der Waals surface area contributed by atoms with Crippen molar-refractivity contribution in [3.63, 3.8) is 0 Å². The molecule has 0 aliphatic heterocycles. The van der Waals surface area contributed by atoms with Crippen molar-refractivity contribution >= 4 is 10.9 Å². The highest BCUT2D eigenvalue weighted by Gasteiger charge is 2.28. The van der Waals surface area contributed by atoms with Gasteiger partial charge in [-0.2, -0.15) is 0 Å². The number of fused-ring (bicyclic) bond motifs is 2. The minimum atomic E-state index is -0.969. The Morgan fingerprint density at radius 1 is 1.28 bits per heavy atom. The largest absolute Gasteiger partial charge is 0.386 e. The zero-order valence-electron chi connectivity index (χ0n) is 10.6. The number of para-hydroxylation sites is 1. The Balaban J connectivity index is 2.47. The molecule has 3 heteroatoms. The van der Waals surface area contributed by atoms with Gasteiger partial charge in [0.15, 0.2) is 0 Å². The van der Waals surface area contributed by atoms with Crippen molar-refractivity contribution in [1.29, 1.82) is 0 Å².